The van der Waals surface area contributed by atoms with E-state index in [1.807, 2.05) is 0 Å². The van der Waals surface area contributed by atoms with Gasteiger partial charge in [0.15, 0.2) is 0 Å². The molecule has 0 aliphatic heterocycles. The minimum absolute atomic E-state index is 0.0221. The molecule has 0 heterocycles. The highest BCUT2D eigenvalue weighted by Gasteiger charge is 2.03. The van der Waals surface area contributed by atoms with E-state index in [-0.39, 0.29) is 33.2 Å². The van der Waals surface area contributed by atoms with Gasteiger partial charge in [0.1, 0.15) is 19.0 Å². The second-order valence-corrected chi connectivity index (χ2v) is 4.28. The van der Waals surface area contributed by atoms with Crippen LogP contribution in [0.15, 0.2) is 0 Å². The van der Waals surface area contributed by atoms with Gasteiger partial charge in [-0.3, -0.25) is 0 Å². The van der Waals surface area contributed by atoms with E-state index in [9.17, 15) is 0 Å². The monoisotopic (exact) mass is 362 g/mol. The first kappa shape index (κ1) is 28.4. The van der Waals surface area contributed by atoms with E-state index in [1.165, 1.54) is 6.42 Å². The summed E-state index contributed by atoms with van der Waals surface area (Å²) in [5.41, 5.74) is 0. The van der Waals surface area contributed by atoms with Crippen LogP contribution >= 0.6 is 0 Å². The molecule has 0 radical (unpaired) electrons. The van der Waals surface area contributed by atoms with E-state index >= 15 is 0 Å². The molecule has 0 rings (SSSR count). The Morgan fingerprint density at radius 2 is 1.04 bits per heavy atom. The van der Waals surface area contributed by atoms with Crippen LogP contribution in [0.5, 0.6) is 0 Å². The third kappa shape index (κ3) is 33.2. The van der Waals surface area contributed by atoms with Crippen molar-refractivity contribution in [3.63, 3.8) is 0 Å². The van der Waals surface area contributed by atoms with E-state index in [0.29, 0.717) is 0 Å². The fourth-order valence-corrected chi connectivity index (χ4v) is 0.730. The van der Waals surface area contributed by atoms with Crippen molar-refractivity contribution in [1.82, 2.24) is 0 Å². The molecule has 0 amide bonds. The number of hydrogen-bond acceptors (Lipinski definition) is 6. The van der Waals surface area contributed by atoms with Gasteiger partial charge >= 0.3 is 0 Å². The molecule has 0 aliphatic rings. The molecule has 0 aromatic carbocycles. The number of terminal acetylenes is 2. The largest absolute Gasteiger partial charge is 0.394 e. The highest BCUT2D eigenvalue weighted by Crippen LogP contribution is 1.87. The van der Waals surface area contributed by atoms with Crippen molar-refractivity contribution in [2.45, 2.75) is 32.5 Å². The smallest absolute Gasteiger partial charge is 0.146 e. The highest BCUT2D eigenvalue weighted by atomic mass is 16.7. The zero-order chi connectivity index (χ0) is 20.5. The van der Waals surface area contributed by atoms with Crippen molar-refractivity contribution < 1.29 is 29.9 Å². The Morgan fingerprint density at radius 1 is 0.731 bits per heavy atom. The Kier molecular flexibility index (Phi) is 29.9. The molecule has 4 N–H and O–H groups in total. The summed E-state index contributed by atoms with van der Waals surface area (Å²) in [5.74, 6) is 18.4. The van der Waals surface area contributed by atoms with Gasteiger partial charge < -0.3 is 29.9 Å². The first-order valence-electron chi connectivity index (χ1n) is 7.68. The fourth-order valence-electron chi connectivity index (χ4n) is 0.730. The molecule has 0 aliphatic carbocycles. The molecule has 0 saturated carbocycles. The Morgan fingerprint density at radius 3 is 1.31 bits per heavy atom. The quantitative estimate of drug-likeness (QED) is 0.261. The van der Waals surface area contributed by atoms with Crippen molar-refractivity contribution in [2.75, 3.05) is 33.2 Å². The molecule has 2 unspecified atom stereocenters. The van der Waals surface area contributed by atoms with Crippen LogP contribution in [-0.4, -0.2) is 65.9 Å². The van der Waals surface area contributed by atoms with Crippen molar-refractivity contribution >= 4 is 0 Å². The SMILES string of the molecule is C#CC#CC#CC#CC#C.CCC.OCC(O)COCOCC(O)CO. The molecule has 6 heteroatoms. The lowest BCUT2D eigenvalue weighted by atomic mass is 10.4. The van der Waals surface area contributed by atoms with Gasteiger partial charge in [0.2, 0.25) is 0 Å². The van der Waals surface area contributed by atoms with Gasteiger partial charge in [0.25, 0.3) is 0 Å². The normalized spacial score (nSPS) is 9.85. The van der Waals surface area contributed by atoms with Crippen molar-refractivity contribution in [3.8, 4) is 60.2 Å². The predicted molar refractivity (Wildman–Crippen MR) is 99.9 cm³/mol. The van der Waals surface area contributed by atoms with Gasteiger partial charge in [-0.15, -0.1) is 12.8 Å². The lowest BCUT2D eigenvalue weighted by molar-refractivity contribution is -0.106. The molecule has 0 saturated heterocycles. The van der Waals surface area contributed by atoms with E-state index in [2.05, 4.69) is 61.2 Å². The zero-order valence-corrected chi connectivity index (χ0v) is 15.2. The van der Waals surface area contributed by atoms with Crippen LogP contribution < -0.4 is 0 Å². The van der Waals surface area contributed by atoms with E-state index < -0.39 is 12.2 Å². The van der Waals surface area contributed by atoms with E-state index in [1.54, 1.807) is 0 Å². The van der Waals surface area contributed by atoms with Crippen LogP contribution in [0.4, 0.5) is 0 Å². The fraction of sp³-hybridized carbons (Fsp3) is 0.500. The van der Waals surface area contributed by atoms with Gasteiger partial charge in [0, 0.05) is 0 Å². The Balaban J connectivity index is -0.000000362. The van der Waals surface area contributed by atoms with Crippen LogP contribution in [0, 0.1) is 60.2 Å². The molecule has 0 spiro atoms. The average Bonchev–Trinajstić information content (AvgIpc) is 2.65. The summed E-state index contributed by atoms with van der Waals surface area (Å²) in [5, 5.41) is 34.3. The lowest BCUT2D eigenvalue weighted by Crippen LogP contribution is -2.23. The maximum absolute atomic E-state index is 8.79. The summed E-state index contributed by atoms with van der Waals surface area (Å²) in [7, 11) is 0. The van der Waals surface area contributed by atoms with Crippen LogP contribution in [-0.2, 0) is 9.47 Å². The van der Waals surface area contributed by atoms with Gasteiger partial charge in [0.05, 0.1) is 26.4 Å². The summed E-state index contributed by atoms with van der Waals surface area (Å²) in [6.07, 6.45) is 9.05. The third-order valence-electron chi connectivity index (χ3n) is 1.67. The van der Waals surface area contributed by atoms with E-state index in [4.69, 9.17) is 42.7 Å². The van der Waals surface area contributed by atoms with Crippen molar-refractivity contribution in [3.05, 3.63) is 0 Å². The summed E-state index contributed by atoms with van der Waals surface area (Å²) < 4.78 is 9.51. The lowest BCUT2D eigenvalue weighted by Gasteiger charge is -2.10. The third-order valence-corrected chi connectivity index (χ3v) is 1.67. The zero-order valence-electron chi connectivity index (χ0n) is 15.2. The Bertz CT molecular complexity index is 518. The molecule has 6 nitrogen and oxygen atoms in total. The molecule has 142 valence electrons. The molecule has 0 bridgehead atoms. The molecule has 26 heavy (non-hydrogen) atoms. The minimum Gasteiger partial charge on any atom is -0.394 e. The van der Waals surface area contributed by atoms with Crippen LogP contribution in [0.25, 0.3) is 0 Å². The Labute approximate surface area is 156 Å². The first-order valence-corrected chi connectivity index (χ1v) is 7.68. The summed E-state index contributed by atoms with van der Waals surface area (Å²) in [6.45, 7) is 3.39. The number of rotatable bonds is 8. The van der Waals surface area contributed by atoms with Crippen LogP contribution in [0.3, 0.4) is 0 Å². The van der Waals surface area contributed by atoms with Crippen LogP contribution in [0.2, 0.25) is 0 Å². The predicted octanol–water partition coefficient (Wildman–Crippen LogP) is -0.637. The maximum Gasteiger partial charge on any atom is 0.146 e. The molecular formula is C20H26O6. The van der Waals surface area contributed by atoms with Gasteiger partial charge in [-0.05, 0) is 47.4 Å². The molecule has 0 fully saturated rings. The summed E-state index contributed by atoms with van der Waals surface area (Å²) in [4.78, 5) is 0. The number of aliphatic hydroxyl groups excluding tert-OH is 4. The topological polar surface area (TPSA) is 99.4 Å². The second kappa shape index (κ2) is 27.4. The van der Waals surface area contributed by atoms with E-state index in [0.717, 1.165) is 0 Å². The van der Waals surface area contributed by atoms with Gasteiger partial charge in [-0.2, -0.15) is 0 Å². The summed E-state index contributed by atoms with van der Waals surface area (Å²) >= 11 is 0. The van der Waals surface area contributed by atoms with Crippen LogP contribution in [0.1, 0.15) is 20.3 Å². The molecule has 2 atom stereocenters. The molecule has 0 aromatic heterocycles. The Hall–Kier alpha value is -2.44. The minimum atomic E-state index is -0.911. The second-order valence-electron chi connectivity index (χ2n) is 4.28. The van der Waals surface area contributed by atoms with Gasteiger partial charge in [-0.1, -0.05) is 20.3 Å². The number of hydrogen-bond donors (Lipinski definition) is 4. The number of aliphatic hydroxyl groups is 4. The molecular weight excluding hydrogens is 336 g/mol. The van der Waals surface area contributed by atoms with Gasteiger partial charge in [-0.25, -0.2) is 0 Å². The molecule has 0 aromatic rings. The number of ether oxygens (including phenoxy) is 2. The van der Waals surface area contributed by atoms with Crippen molar-refractivity contribution in [2.24, 2.45) is 0 Å². The maximum atomic E-state index is 8.79. The average molecular weight is 362 g/mol. The first-order chi connectivity index (χ1) is 12.5. The highest BCUT2D eigenvalue weighted by molar-refractivity contribution is 5.41. The summed E-state index contributed by atoms with van der Waals surface area (Å²) in [6, 6.07) is 0. The van der Waals surface area contributed by atoms with Crippen molar-refractivity contribution in [1.29, 1.82) is 0 Å². The standard InChI is InChI=1S/C10H2.C7H16O6.C3H8/c1-3-5-7-9-10-8-6-4-2;8-1-6(10)3-12-5-13-4-7(11)2-9;1-3-2/h1-2H;6-11H,1-5H2;3H2,1-2H3.